The monoisotopic (exact) mass is 576 g/mol. The highest BCUT2D eigenvalue weighted by atomic mass is 19.1. The first kappa shape index (κ1) is 33.6. The molecule has 2 aromatic rings. The Morgan fingerprint density at radius 2 is 1.50 bits per heavy atom. The molecule has 1 aliphatic heterocycles. The maximum Gasteiger partial charge on any atom is 0.224 e. The van der Waals surface area contributed by atoms with Crippen LogP contribution in [0.5, 0.6) is 5.75 Å². The van der Waals surface area contributed by atoms with Crippen LogP contribution in [0.2, 0.25) is 0 Å². The molecule has 1 unspecified atom stereocenters. The minimum atomic E-state index is -0.378. The molecule has 2 aromatic carbocycles. The molecule has 5 heteroatoms. The number of unbranched alkanes of at least 4 members (excludes halogenated alkanes) is 11. The number of hydrogen-bond donors (Lipinski definition) is 0. The number of rotatable bonds is 19. The molecule has 1 aliphatic rings. The van der Waals surface area contributed by atoms with E-state index in [0.717, 1.165) is 37.1 Å². The van der Waals surface area contributed by atoms with Crippen LogP contribution in [0.15, 0.2) is 59.1 Å². The van der Waals surface area contributed by atoms with Crippen LogP contribution in [-0.2, 0) is 17.8 Å². The number of nitrogens with zero attached hydrogens (tertiary/aromatic N) is 2. The first-order chi connectivity index (χ1) is 20.3. The molecule has 4 nitrogen and oxygen atoms in total. The summed E-state index contributed by atoms with van der Waals surface area (Å²) in [6, 6.07) is 13.1. The third-order valence-corrected chi connectivity index (χ3v) is 8.15. The van der Waals surface area contributed by atoms with E-state index in [4.69, 9.17) is 4.74 Å². The van der Waals surface area contributed by atoms with Gasteiger partial charge in [-0.15, -0.1) is 0 Å². The molecule has 1 heterocycles. The Morgan fingerprint density at radius 3 is 2.07 bits per heavy atom. The number of carbonyl (C=O) groups is 1. The van der Waals surface area contributed by atoms with Gasteiger partial charge in [0.25, 0.3) is 0 Å². The SMILES string of the molecule is CCCCCCCCCCCCCCOc1ccc(CN(C(C)=O)c2ccc(CC3(C)C=C(C)C=NC3)cc2)cc1F. The van der Waals surface area contributed by atoms with Gasteiger partial charge in [0.05, 0.1) is 13.2 Å². The first-order valence-corrected chi connectivity index (χ1v) is 16.3. The van der Waals surface area contributed by atoms with Gasteiger partial charge in [0, 0.05) is 30.8 Å². The number of allylic oxidation sites excluding steroid dienone is 1. The number of ether oxygens (including phenoxy) is 1. The molecule has 1 amide bonds. The van der Waals surface area contributed by atoms with Crippen LogP contribution in [-0.4, -0.2) is 25.3 Å². The Bertz CT molecular complexity index is 1160. The predicted molar refractivity (Wildman–Crippen MR) is 175 cm³/mol. The molecule has 0 radical (unpaired) electrons. The second-order valence-electron chi connectivity index (χ2n) is 12.5. The van der Waals surface area contributed by atoms with Crippen LogP contribution in [0.25, 0.3) is 0 Å². The number of carbonyl (C=O) groups excluding carboxylic acids is 1. The van der Waals surface area contributed by atoms with Gasteiger partial charge in [-0.1, -0.05) is 109 Å². The molecule has 1 atom stereocenters. The van der Waals surface area contributed by atoms with Gasteiger partial charge in [0.1, 0.15) is 0 Å². The highest BCUT2D eigenvalue weighted by Gasteiger charge is 2.24. The summed E-state index contributed by atoms with van der Waals surface area (Å²) in [6.07, 6.45) is 20.5. The van der Waals surface area contributed by atoms with Gasteiger partial charge in [-0.25, -0.2) is 4.39 Å². The van der Waals surface area contributed by atoms with Gasteiger partial charge in [-0.3, -0.25) is 9.79 Å². The standard InChI is InChI=1S/C37H53FN2O2/c1-5-6-7-8-9-10-11-12-13-14-15-16-23-42-36-22-19-33(24-35(36)38)28-40(31(3)41)34-20-17-32(18-21-34)26-37(4)25-30(2)27-39-29-37/h17-22,24-25,27H,5-16,23,26,28-29H2,1-4H3. The van der Waals surface area contributed by atoms with Crippen molar-refractivity contribution in [2.24, 2.45) is 10.4 Å². The van der Waals surface area contributed by atoms with Crippen molar-refractivity contribution >= 4 is 17.8 Å². The first-order valence-electron chi connectivity index (χ1n) is 16.3. The van der Waals surface area contributed by atoms with E-state index in [1.165, 1.54) is 81.4 Å². The lowest BCUT2D eigenvalue weighted by Crippen LogP contribution is -2.28. The number of halogens is 1. The fourth-order valence-electron chi connectivity index (χ4n) is 5.85. The summed E-state index contributed by atoms with van der Waals surface area (Å²) in [6.45, 7) is 9.72. The highest BCUT2D eigenvalue weighted by molar-refractivity contribution is 5.91. The summed E-state index contributed by atoms with van der Waals surface area (Å²) >= 11 is 0. The average molecular weight is 577 g/mol. The van der Waals surface area contributed by atoms with Gasteiger partial charge in [-0.2, -0.15) is 0 Å². The zero-order chi connectivity index (χ0) is 30.2. The van der Waals surface area contributed by atoms with E-state index in [1.54, 1.807) is 17.9 Å². The Labute approximate surface area is 254 Å². The Hall–Kier alpha value is -2.95. The molecule has 0 saturated carbocycles. The molecule has 0 saturated heterocycles. The van der Waals surface area contributed by atoms with Crippen molar-refractivity contribution in [1.29, 1.82) is 0 Å². The van der Waals surface area contributed by atoms with Gasteiger partial charge in [0.2, 0.25) is 5.91 Å². The lowest BCUT2D eigenvalue weighted by atomic mass is 9.81. The van der Waals surface area contributed by atoms with Crippen molar-refractivity contribution in [2.45, 2.75) is 118 Å². The van der Waals surface area contributed by atoms with E-state index < -0.39 is 0 Å². The normalized spacial score (nSPS) is 16.4. The minimum Gasteiger partial charge on any atom is -0.491 e. The van der Waals surface area contributed by atoms with Gasteiger partial charge in [0.15, 0.2) is 11.6 Å². The average Bonchev–Trinajstić information content (AvgIpc) is 2.95. The van der Waals surface area contributed by atoms with Crippen LogP contribution in [0, 0.1) is 11.2 Å². The second kappa shape index (κ2) is 17.9. The smallest absolute Gasteiger partial charge is 0.224 e. The van der Waals surface area contributed by atoms with Crippen LogP contribution in [0.4, 0.5) is 10.1 Å². The fourth-order valence-corrected chi connectivity index (χ4v) is 5.85. The molecule has 0 bridgehead atoms. The van der Waals surface area contributed by atoms with Crippen molar-refractivity contribution < 1.29 is 13.9 Å². The van der Waals surface area contributed by atoms with Crippen molar-refractivity contribution in [3.63, 3.8) is 0 Å². The Morgan fingerprint density at radius 1 is 0.905 bits per heavy atom. The van der Waals surface area contributed by atoms with Gasteiger partial charge < -0.3 is 9.64 Å². The molecule has 230 valence electrons. The Balaban J connectivity index is 1.40. The number of benzene rings is 2. The van der Waals surface area contributed by atoms with Crippen molar-refractivity contribution in [3.05, 3.63) is 71.1 Å². The van der Waals surface area contributed by atoms with E-state index in [9.17, 15) is 9.18 Å². The summed E-state index contributed by atoms with van der Waals surface area (Å²) in [4.78, 5) is 18.7. The molecule has 0 N–H and O–H groups in total. The molecule has 0 spiro atoms. The van der Waals surface area contributed by atoms with Crippen molar-refractivity contribution in [2.75, 3.05) is 18.1 Å². The molecule has 0 aromatic heterocycles. The van der Waals surface area contributed by atoms with Crippen LogP contribution >= 0.6 is 0 Å². The number of amides is 1. The summed E-state index contributed by atoms with van der Waals surface area (Å²) in [7, 11) is 0. The van der Waals surface area contributed by atoms with Gasteiger partial charge >= 0.3 is 0 Å². The highest BCUT2D eigenvalue weighted by Crippen LogP contribution is 2.30. The van der Waals surface area contributed by atoms with E-state index >= 15 is 0 Å². The van der Waals surface area contributed by atoms with Gasteiger partial charge in [-0.05, 0) is 60.7 Å². The van der Waals surface area contributed by atoms with Crippen LogP contribution in [0.3, 0.4) is 0 Å². The van der Waals surface area contributed by atoms with Crippen molar-refractivity contribution in [1.82, 2.24) is 0 Å². The van der Waals surface area contributed by atoms with E-state index in [0.29, 0.717) is 13.2 Å². The maximum absolute atomic E-state index is 14.8. The summed E-state index contributed by atoms with van der Waals surface area (Å²) in [5.41, 5.74) is 3.92. The fraction of sp³-hybridized carbons (Fsp3) is 0.568. The quantitative estimate of drug-likeness (QED) is 0.156. The number of dihydropyridines is 1. The molecule has 0 fully saturated rings. The zero-order valence-corrected chi connectivity index (χ0v) is 26.6. The summed E-state index contributed by atoms with van der Waals surface area (Å²) in [5, 5.41) is 0. The lowest BCUT2D eigenvalue weighted by Gasteiger charge is -2.28. The number of aliphatic imine (C=N–C) groups is 1. The van der Waals surface area contributed by atoms with Crippen molar-refractivity contribution in [3.8, 4) is 5.75 Å². The zero-order valence-electron chi connectivity index (χ0n) is 26.6. The molecular weight excluding hydrogens is 523 g/mol. The third kappa shape index (κ3) is 11.7. The lowest BCUT2D eigenvalue weighted by molar-refractivity contribution is -0.116. The molecular formula is C37H53FN2O2. The maximum atomic E-state index is 14.8. The summed E-state index contributed by atoms with van der Waals surface area (Å²) < 4.78 is 20.6. The largest absolute Gasteiger partial charge is 0.491 e. The van der Waals surface area contributed by atoms with E-state index in [-0.39, 0.29) is 22.9 Å². The topological polar surface area (TPSA) is 41.9 Å². The second-order valence-corrected chi connectivity index (χ2v) is 12.5. The summed E-state index contributed by atoms with van der Waals surface area (Å²) in [5.74, 6) is -0.176. The molecule has 42 heavy (non-hydrogen) atoms. The number of anilines is 1. The third-order valence-electron chi connectivity index (χ3n) is 8.15. The van der Waals surface area contributed by atoms with E-state index in [1.807, 2.05) is 24.4 Å². The molecule has 0 aliphatic carbocycles. The Kier molecular flexibility index (Phi) is 14.3. The predicted octanol–water partition coefficient (Wildman–Crippen LogP) is 10.0. The molecule has 3 rings (SSSR count). The van der Waals surface area contributed by atoms with E-state index in [2.05, 4.69) is 44.0 Å². The minimum absolute atomic E-state index is 0.00505. The number of hydrogen-bond acceptors (Lipinski definition) is 3. The van der Waals surface area contributed by atoms with Crippen LogP contribution in [0.1, 0.15) is 116 Å². The van der Waals surface area contributed by atoms with Crippen LogP contribution < -0.4 is 9.64 Å².